The SMILES string of the molecule is Cc1ccccc1CC(=O)NC1CCC(C(=O)O)CC1. The Labute approximate surface area is 119 Å². The van der Waals surface area contributed by atoms with Crippen molar-refractivity contribution >= 4 is 11.9 Å². The zero-order valence-corrected chi connectivity index (χ0v) is 11.8. The van der Waals surface area contributed by atoms with Crippen LogP contribution in [0.4, 0.5) is 0 Å². The van der Waals surface area contributed by atoms with Crippen molar-refractivity contribution < 1.29 is 14.7 Å². The molecule has 4 heteroatoms. The average molecular weight is 275 g/mol. The summed E-state index contributed by atoms with van der Waals surface area (Å²) in [6.45, 7) is 2.00. The highest BCUT2D eigenvalue weighted by Gasteiger charge is 2.26. The second kappa shape index (κ2) is 6.55. The monoisotopic (exact) mass is 275 g/mol. The lowest BCUT2D eigenvalue weighted by molar-refractivity contribution is -0.142. The Bertz CT molecular complexity index is 490. The number of carboxylic acid groups (broad SMARTS) is 1. The fourth-order valence-corrected chi connectivity index (χ4v) is 2.74. The molecule has 0 radical (unpaired) electrons. The van der Waals surface area contributed by atoms with Crippen LogP contribution >= 0.6 is 0 Å². The Morgan fingerprint density at radius 1 is 1.20 bits per heavy atom. The molecule has 1 saturated carbocycles. The van der Waals surface area contributed by atoms with Gasteiger partial charge in [0.2, 0.25) is 5.91 Å². The minimum Gasteiger partial charge on any atom is -0.481 e. The Balaban J connectivity index is 1.81. The number of amides is 1. The van der Waals surface area contributed by atoms with E-state index in [0.29, 0.717) is 19.3 Å². The van der Waals surface area contributed by atoms with Crippen molar-refractivity contribution in [2.24, 2.45) is 5.92 Å². The molecule has 4 nitrogen and oxygen atoms in total. The van der Waals surface area contributed by atoms with E-state index in [1.165, 1.54) is 0 Å². The van der Waals surface area contributed by atoms with Crippen LogP contribution in [0.5, 0.6) is 0 Å². The molecule has 20 heavy (non-hydrogen) atoms. The van der Waals surface area contributed by atoms with Gasteiger partial charge >= 0.3 is 5.97 Å². The number of hydrogen-bond acceptors (Lipinski definition) is 2. The molecule has 1 aromatic rings. The van der Waals surface area contributed by atoms with E-state index in [1.807, 2.05) is 31.2 Å². The lowest BCUT2D eigenvalue weighted by atomic mass is 9.86. The van der Waals surface area contributed by atoms with Gasteiger partial charge in [-0.05, 0) is 43.7 Å². The van der Waals surface area contributed by atoms with Crippen molar-refractivity contribution in [1.82, 2.24) is 5.32 Å². The molecule has 1 amide bonds. The summed E-state index contributed by atoms with van der Waals surface area (Å²) in [5.74, 6) is -0.924. The summed E-state index contributed by atoms with van der Waals surface area (Å²) in [5.41, 5.74) is 2.17. The number of carbonyl (C=O) groups is 2. The first kappa shape index (κ1) is 14.6. The summed E-state index contributed by atoms with van der Waals surface area (Å²) >= 11 is 0. The van der Waals surface area contributed by atoms with Gasteiger partial charge in [-0.2, -0.15) is 0 Å². The third kappa shape index (κ3) is 3.83. The van der Waals surface area contributed by atoms with Gasteiger partial charge in [0.05, 0.1) is 12.3 Å². The fraction of sp³-hybridized carbons (Fsp3) is 0.500. The number of nitrogens with one attached hydrogen (secondary N) is 1. The van der Waals surface area contributed by atoms with Gasteiger partial charge in [-0.1, -0.05) is 24.3 Å². The van der Waals surface area contributed by atoms with Crippen molar-refractivity contribution in [2.75, 3.05) is 0 Å². The molecule has 0 spiro atoms. The number of carbonyl (C=O) groups excluding carboxylic acids is 1. The van der Waals surface area contributed by atoms with Gasteiger partial charge in [0, 0.05) is 6.04 Å². The predicted molar refractivity (Wildman–Crippen MR) is 76.4 cm³/mol. The Kier molecular flexibility index (Phi) is 4.77. The predicted octanol–water partition coefficient (Wildman–Crippen LogP) is 2.30. The van der Waals surface area contributed by atoms with Crippen molar-refractivity contribution in [3.05, 3.63) is 35.4 Å². The number of aliphatic carboxylic acids is 1. The van der Waals surface area contributed by atoms with E-state index in [4.69, 9.17) is 5.11 Å². The third-order valence-corrected chi connectivity index (χ3v) is 4.05. The van der Waals surface area contributed by atoms with Crippen molar-refractivity contribution in [1.29, 1.82) is 0 Å². The zero-order valence-electron chi connectivity index (χ0n) is 11.8. The topological polar surface area (TPSA) is 66.4 Å². The van der Waals surface area contributed by atoms with Crippen molar-refractivity contribution in [3.8, 4) is 0 Å². The molecule has 0 bridgehead atoms. The molecule has 2 rings (SSSR count). The van der Waals surface area contributed by atoms with Crippen molar-refractivity contribution in [3.63, 3.8) is 0 Å². The highest BCUT2D eigenvalue weighted by Crippen LogP contribution is 2.24. The highest BCUT2D eigenvalue weighted by atomic mass is 16.4. The summed E-state index contributed by atoms with van der Waals surface area (Å²) in [6.07, 6.45) is 3.23. The third-order valence-electron chi connectivity index (χ3n) is 4.05. The average Bonchev–Trinajstić information content (AvgIpc) is 2.42. The summed E-state index contributed by atoms with van der Waals surface area (Å²) < 4.78 is 0. The molecule has 0 aliphatic heterocycles. The standard InChI is InChI=1S/C16H21NO3/c1-11-4-2-3-5-13(11)10-15(18)17-14-8-6-12(7-9-14)16(19)20/h2-5,12,14H,6-10H2,1H3,(H,17,18)(H,19,20). The molecule has 1 aromatic carbocycles. The van der Waals surface area contributed by atoms with Crippen LogP contribution in [0.25, 0.3) is 0 Å². The van der Waals surface area contributed by atoms with Crippen LogP contribution in [0.15, 0.2) is 24.3 Å². The maximum absolute atomic E-state index is 12.0. The van der Waals surface area contributed by atoms with Crippen LogP contribution < -0.4 is 5.32 Å². The number of rotatable bonds is 4. The van der Waals surface area contributed by atoms with Gasteiger partial charge in [0.25, 0.3) is 0 Å². The van der Waals surface area contributed by atoms with Gasteiger partial charge in [-0.25, -0.2) is 0 Å². The van der Waals surface area contributed by atoms with Gasteiger partial charge in [-0.15, -0.1) is 0 Å². The molecule has 0 saturated heterocycles. The summed E-state index contributed by atoms with van der Waals surface area (Å²) in [4.78, 5) is 22.9. The number of carboxylic acids is 1. The normalized spacial score (nSPS) is 22.2. The zero-order chi connectivity index (χ0) is 14.5. The van der Waals surface area contributed by atoms with Crippen LogP contribution in [0.3, 0.4) is 0 Å². The van der Waals surface area contributed by atoms with E-state index in [2.05, 4.69) is 5.32 Å². The quantitative estimate of drug-likeness (QED) is 0.886. The van der Waals surface area contributed by atoms with E-state index < -0.39 is 5.97 Å². The summed E-state index contributed by atoms with van der Waals surface area (Å²) in [5, 5.41) is 12.0. The molecular formula is C16H21NO3. The van der Waals surface area contributed by atoms with Crippen LogP contribution in [-0.2, 0) is 16.0 Å². The van der Waals surface area contributed by atoms with Gasteiger partial charge < -0.3 is 10.4 Å². The van der Waals surface area contributed by atoms with E-state index in [-0.39, 0.29) is 17.9 Å². The minimum absolute atomic E-state index is 0.0260. The molecule has 1 fully saturated rings. The van der Waals surface area contributed by atoms with Crippen LogP contribution in [-0.4, -0.2) is 23.0 Å². The van der Waals surface area contributed by atoms with E-state index >= 15 is 0 Å². The highest BCUT2D eigenvalue weighted by molar-refractivity contribution is 5.79. The molecule has 2 N–H and O–H groups in total. The molecular weight excluding hydrogens is 254 g/mol. The van der Waals surface area contributed by atoms with E-state index in [1.54, 1.807) is 0 Å². The summed E-state index contributed by atoms with van der Waals surface area (Å²) in [6, 6.07) is 8.00. The Morgan fingerprint density at radius 3 is 2.45 bits per heavy atom. The van der Waals surface area contributed by atoms with E-state index in [9.17, 15) is 9.59 Å². The molecule has 0 unspecified atom stereocenters. The second-order valence-electron chi connectivity index (χ2n) is 5.56. The lowest BCUT2D eigenvalue weighted by Gasteiger charge is -2.26. The van der Waals surface area contributed by atoms with Crippen molar-refractivity contribution in [2.45, 2.75) is 45.1 Å². The largest absolute Gasteiger partial charge is 0.481 e. The number of hydrogen-bond donors (Lipinski definition) is 2. The maximum atomic E-state index is 12.0. The first-order valence-corrected chi connectivity index (χ1v) is 7.13. The molecule has 1 aliphatic rings. The van der Waals surface area contributed by atoms with Gasteiger partial charge in [0.15, 0.2) is 0 Å². The van der Waals surface area contributed by atoms with Gasteiger partial charge in [-0.3, -0.25) is 9.59 Å². The summed E-state index contributed by atoms with van der Waals surface area (Å²) in [7, 11) is 0. The minimum atomic E-state index is -0.713. The molecule has 0 heterocycles. The number of aryl methyl sites for hydroxylation is 1. The second-order valence-corrected chi connectivity index (χ2v) is 5.56. The first-order chi connectivity index (χ1) is 9.56. The van der Waals surface area contributed by atoms with Gasteiger partial charge in [0.1, 0.15) is 0 Å². The molecule has 1 aliphatic carbocycles. The smallest absolute Gasteiger partial charge is 0.306 e. The lowest BCUT2D eigenvalue weighted by Crippen LogP contribution is -2.39. The van der Waals surface area contributed by atoms with Crippen LogP contribution in [0.2, 0.25) is 0 Å². The fourth-order valence-electron chi connectivity index (χ4n) is 2.74. The molecule has 0 atom stereocenters. The molecule has 0 aromatic heterocycles. The first-order valence-electron chi connectivity index (χ1n) is 7.13. The van der Waals surface area contributed by atoms with E-state index in [0.717, 1.165) is 24.0 Å². The van der Waals surface area contributed by atoms with Crippen LogP contribution in [0, 0.1) is 12.8 Å². The molecule has 108 valence electrons. The van der Waals surface area contributed by atoms with Crippen LogP contribution in [0.1, 0.15) is 36.8 Å². The Hall–Kier alpha value is -1.84. The Morgan fingerprint density at radius 2 is 1.85 bits per heavy atom. The maximum Gasteiger partial charge on any atom is 0.306 e. The number of benzene rings is 1.